The van der Waals surface area contributed by atoms with Crippen LogP contribution < -0.4 is 5.32 Å². The molecule has 7 heteroatoms. The second kappa shape index (κ2) is 5.82. The second-order valence-electron chi connectivity index (χ2n) is 4.41. The smallest absolute Gasteiger partial charge is 0.305 e. The number of benzene rings is 2. The number of anilines is 1. The van der Waals surface area contributed by atoms with Gasteiger partial charge in [-0.2, -0.15) is 4.39 Å². The molecule has 0 aromatic heterocycles. The number of halogens is 3. The molecule has 4 nitrogen and oxygen atoms in total. The molecule has 1 N–H and O–H groups in total. The highest BCUT2D eigenvalue weighted by Crippen LogP contribution is 2.24. The van der Waals surface area contributed by atoms with Gasteiger partial charge in [0, 0.05) is 18.2 Å². The quantitative estimate of drug-likeness (QED) is 0.687. The topological polar surface area (TPSA) is 55.2 Å². The Labute approximate surface area is 118 Å². The van der Waals surface area contributed by atoms with Gasteiger partial charge < -0.3 is 5.32 Å². The van der Waals surface area contributed by atoms with Crippen LogP contribution in [0.3, 0.4) is 0 Å². The Hall–Kier alpha value is -2.57. The van der Waals surface area contributed by atoms with Gasteiger partial charge >= 0.3 is 5.69 Å². The highest BCUT2D eigenvalue weighted by Gasteiger charge is 2.18. The molecule has 0 radical (unpaired) electrons. The molecule has 0 amide bonds. The third kappa shape index (κ3) is 2.96. The van der Waals surface area contributed by atoms with Crippen molar-refractivity contribution < 1.29 is 18.1 Å². The SMILES string of the molecule is Cc1ccc(F)c(NCc2cccc([N+](=O)[O-])c2F)c1F. The lowest BCUT2D eigenvalue weighted by molar-refractivity contribution is -0.387. The Kier molecular flexibility index (Phi) is 4.11. The number of nitro benzene ring substituents is 1. The van der Waals surface area contributed by atoms with Gasteiger partial charge in [0.1, 0.15) is 11.5 Å². The minimum Gasteiger partial charge on any atom is -0.376 e. The minimum atomic E-state index is -1.02. The average molecular weight is 296 g/mol. The molecular weight excluding hydrogens is 285 g/mol. The third-order valence-corrected chi connectivity index (χ3v) is 2.99. The largest absolute Gasteiger partial charge is 0.376 e. The maximum Gasteiger partial charge on any atom is 0.305 e. The molecule has 0 heterocycles. The van der Waals surface area contributed by atoms with Crippen LogP contribution in [0.2, 0.25) is 0 Å². The molecule has 0 spiro atoms. The van der Waals surface area contributed by atoms with Crippen LogP contribution in [0.5, 0.6) is 0 Å². The van der Waals surface area contributed by atoms with Gasteiger partial charge in [0.15, 0.2) is 5.82 Å². The first-order chi connectivity index (χ1) is 9.91. The van der Waals surface area contributed by atoms with Crippen molar-refractivity contribution in [2.24, 2.45) is 0 Å². The van der Waals surface area contributed by atoms with Gasteiger partial charge in [0.25, 0.3) is 0 Å². The van der Waals surface area contributed by atoms with Crippen molar-refractivity contribution in [3.63, 3.8) is 0 Å². The molecule has 0 aliphatic rings. The van der Waals surface area contributed by atoms with E-state index in [2.05, 4.69) is 5.32 Å². The van der Waals surface area contributed by atoms with E-state index in [9.17, 15) is 23.3 Å². The Balaban J connectivity index is 2.27. The fraction of sp³-hybridized carbons (Fsp3) is 0.143. The lowest BCUT2D eigenvalue weighted by atomic mass is 10.1. The van der Waals surface area contributed by atoms with Crippen molar-refractivity contribution in [3.8, 4) is 0 Å². The zero-order chi connectivity index (χ0) is 15.6. The van der Waals surface area contributed by atoms with Crippen molar-refractivity contribution in [2.45, 2.75) is 13.5 Å². The van der Waals surface area contributed by atoms with E-state index in [1.807, 2.05) is 0 Å². The van der Waals surface area contributed by atoms with Crippen LogP contribution in [0.4, 0.5) is 24.5 Å². The summed E-state index contributed by atoms with van der Waals surface area (Å²) in [5, 5.41) is 13.1. The van der Waals surface area contributed by atoms with Gasteiger partial charge in [-0.05, 0) is 18.6 Å². The first-order valence-corrected chi connectivity index (χ1v) is 6.02. The second-order valence-corrected chi connectivity index (χ2v) is 4.41. The van der Waals surface area contributed by atoms with E-state index < -0.39 is 28.1 Å². The van der Waals surface area contributed by atoms with Gasteiger partial charge in [-0.25, -0.2) is 8.78 Å². The number of nitro groups is 1. The maximum absolute atomic E-state index is 13.8. The summed E-state index contributed by atoms with van der Waals surface area (Å²) in [6, 6.07) is 6.00. The number of aryl methyl sites for hydroxylation is 1. The van der Waals surface area contributed by atoms with Crippen LogP contribution in [0.25, 0.3) is 0 Å². The predicted molar refractivity (Wildman–Crippen MR) is 71.5 cm³/mol. The van der Waals surface area contributed by atoms with E-state index in [0.29, 0.717) is 0 Å². The lowest BCUT2D eigenvalue weighted by Gasteiger charge is -2.11. The van der Waals surface area contributed by atoms with E-state index in [4.69, 9.17) is 0 Å². The highest BCUT2D eigenvalue weighted by atomic mass is 19.1. The van der Waals surface area contributed by atoms with E-state index >= 15 is 0 Å². The summed E-state index contributed by atoms with van der Waals surface area (Å²) in [7, 11) is 0. The molecule has 110 valence electrons. The van der Waals surface area contributed by atoms with E-state index in [1.54, 1.807) is 0 Å². The minimum absolute atomic E-state index is 0.0514. The molecule has 2 rings (SSSR count). The Bertz CT molecular complexity index is 705. The van der Waals surface area contributed by atoms with Gasteiger partial charge in [-0.3, -0.25) is 10.1 Å². The molecule has 0 fully saturated rings. The summed E-state index contributed by atoms with van der Waals surface area (Å²) < 4.78 is 41.1. The zero-order valence-corrected chi connectivity index (χ0v) is 11.0. The fourth-order valence-electron chi connectivity index (χ4n) is 1.85. The van der Waals surface area contributed by atoms with Crippen molar-refractivity contribution in [1.29, 1.82) is 0 Å². The number of hydrogen-bond donors (Lipinski definition) is 1. The fourth-order valence-corrected chi connectivity index (χ4v) is 1.85. The molecule has 0 unspecified atom stereocenters. The monoisotopic (exact) mass is 296 g/mol. The highest BCUT2D eigenvalue weighted by molar-refractivity contribution is 5.50. The molecule has 0 atom stereocenters. The first-order valence-electron chi connectivity index (χ1n) is 6.02. The van der Waals surface area contributed by atoms with E-state index in [-0.39, 0.29) is 23.4 Å². The van der Waals surface area contributed by atoms with Crippen molar-refractivity contribution >= 4 is 11.4 Å². The molecule has 0 saturated heterocycles. The first kappa shape index (κ1) is 14.8. The van der Waals surface area contributed by atoms with Crippen LogP contribution in [-0.2, 0) is 6.54 Å². The van der Waals surface area contributed by atoms with Crippen LogP contribution in [0.1, 0.15) is 11.1 Å². The number of hydrogen-bond acceptors (Lipinski definition) is 3. The molecular formula is C14H11F3N2O2. The van der Waals surface area contributed by atoms with E-state index in [1.165, 1.54) is 25.1 Å². The number of rotatable bonds is 4. The third-order valence-electron chi connectivity index (χ3n) is 2.99. The van der Waals surface area contributed by atoms with Crippen LogP contribution >= 0.6 is 0 Å². The van der Waals surface area contributed by atoms with Gasteiger partial charge in [0.2, 0.25) is 5.82 Å². The molecule has 0 bridgehead atoms. The van der Waals surface area contributed by atoms with Gasteiger partial charge in [0.05, 0.1) is 4.92 Å². The predicted octanol–water partition coefficient (Wildman–Crippen LogP) is 3.93. The number of nitrogens with one attached hydrogen (secondary N) is 1. The Morgan fingerprint density at radius 3 is 2.52 bits per heavy atom. The molecule has 2 aromatic rings. The van der Waals surface area contributed by atoms with Crippen LogP contribution in [0, 0.1) is 34.5 Å². The van der Waals surface area contributed by atoms with Crippen molar-refractivity contribution in [3.05, 3.63) is 69.0 Å². The maximum atomic E-state index is 13.8. The Morgan fingerprint density at radius 2 is 1.86 bits per heavy atom. The normalized spacial score (nSPS) is 10.5. The standard InChI is InChI=1S/C14H11F3N2O2/c1-8-5-6-10(15)14(12(8)16)18-7-9-3-2-4-11(13(9)17)19(20)21/h2-6,18H,7H2,1H3. The van der Waals surface area contributed by atoms with Gasteiger partial charge in [-0.1, -0.05) is 18.2 Å². The van der Waals surface area contributed by atoms with E-state index in [0.717, 1.165) is 12.1 Å². The summed E-state index contributed by atoms with van der Waals surface area (Å²) in [5.41, 5.74) is -0.886. The summed E-state index contributed by atoms with van der Waals surface area (Å²) >= 11 is 0. The molecule has 0 aliphatic heterocycles. The lowest BCUT2D eigenvalue weighted by Crippen LogP contribution is -2.07. The summed E-state index contributed by atoms with van der Waals surface area (Å²) in [5.74, 6) is -2.62. The van der Waals surface area contributed by atoms with Crippen LogP contribution in [0.15, 0.2) is 30.3 Å². The van der Waals surface area contributed by atoms with Crippen molar-refractivity contribution in [2.75, 3.05) is 5.32 Å². The summed E-state index contributed by atoms with van der Waals surface area (Å²) in [6.07, 6.45) is 0. The molecule has 0 saturated carbocycles. The molecule has 2 aromatic carbocycles. The molecule has 0 aliphatic carbocycles. The van der Waals surface area contributed by atoms with Gasteiger partial charge in [-0.15, -0.1) is 0 Å². The van der Waals surface area contributed by atoms with Crippen molar-refractivity contribution in [1.82, 2.24) is 0 Å². The number of nitrogens with zero attached hydrogens (tertiary/aromatic N) is 1. The van der Waals surface area contributed by atoms with Crippen LogP contribution in [-0.4, -0.2) is 4.92 Å². The molecule has 21 heavy (non-hydrogen) atoms. The average Bonchev–Trinajstić information content (AvgIpc) is 2.44. The Morgan fingerprint density at radius 1 is 1.14 bits per heavy atom. The summed E-state index contributed by atoms with van der Waals surface area (Å²) in [6.45, 7) is 1.19. The summed E-state index contributed by atoms with van der Waals surface area (Å²) in [4.78, 5) is 9.77. The zero-order valence-electron chi connectivity index (χ0n) is 11.0.